The molecular formula is C35H31F6N7O2S. The Kier molecular flexibility index (Phi) is 7.22. The van der Waals surface area contributed by atoms with E-state index in [1.165, 1.54) is 0 Å². The summed E-state index contributed by atoms with van der Waals surface area (Å²) in [6.45, 7) is 1.74. The molecule has 1 aliphatic carbocycles. The summed E-state index contributed by atoms with van der Waals surface area (Å²) in [6.07, 6.45) is -2.15. The maximum atomic E-state index is 17.1. The molecule has 0 spiro atoms. The minimum atomic E-state index is -5.10. The molecule has 0 bridgehead atoms. The standard InChI is InChI=1S/C35H31F6N7O2S/c36-17-11-34(7-1-8-46(34)13-17)15-50-33-44-28-19(31(45-33)48-14-24-23(48)6-9-47(24)32(49)16-2-3-16)10-21(35(39,40)41)26(27(28)38)18-4-5-22(37)29-25(18)20(12-42)30(43)51-29/h4-5,10,16-17,23-24H,1-3,6-9,11,13-15,43H2/t17-,23+,24+,34+/m1/s1. The third kappa shape index (κ3) is 4.94. The number of rotatable bonds is 6. The zero-order chi connectivity index (χ0) is 35.6. The largest absolute Gasteiger partial charge is 0.461 e. The Hall–Kier alpha value is -4.36. The highest BCUT2D eigenvalue weighted by Crippen LogP contribution is 2.50. The number of halogens is 6. The van der Waals surface area contributed by atoms with Gasteiger partial charge in [0, 0.05) is 48.3 Å². The van der Waals surface area contributed by atoms with Crippen molar-refractivity contribution in [2.75, 3.05) is 43.4 Å². The van der Waals surface area contributed by atoms with Gasteiger partial charge in [0.2, 0.25) is 5.91 Å². The first-order valence-electron chi connectivity index (χ1n) is 17.0. The number of hydrogen-bond donors (Lipinski definition) is 1. The van der Waals surface area contributed by atoms with Crippen molar-refractivity contribution in [2.24, 2.45) is 5.92 Å². The van der Waals surface area contributed by atoms with Crippen LogP contribution in [0.15, 0.2) is 18.2 Å². The Morgan fingerprint density at radius 3 is 2.69 bits per heavy atom. The van der Waals surface area contributed by atoms with Gasteiger partial charge in [-0.15, -0.1) is 11.3 Å². The fourth-order valence-corrected chi connectivity index (χ4v) is 9.77. The summed E-state index contributed by atoms with van der Waals surface area (Å²) in [4.78, 5) is 27.5. The Balaban J connectivity index is 1.21. The average molecular weight is 728 g/mol. The number of hydrogen-bond acceptors (Lipinski definition) is 9. The molecule has 0 radical (unpaired) electrons. The first-order chi connectivity index (χ1) is 24.4. The Morgan fingerprint density at radius 1 is 1.14 bits per heavy atom. The van der Waals surface area contributed by atoms with Crippen molar-refractivity contribution < 1.29 is 35.9 Å². The molecule has 9 rings (SSSR count). The van der Waals surface area contributed by atoms with E-state index < -0.39 is 46.2 Å². The van der Waals surface area contributed by atoms with Crippen LogP contribution in [0, 0.1) is 28.9 Å². The second kappa shape index (κ2) is 11.3. The van der Waals surface area contributed by atoms with E-state index >= 15 is 17.6 Å². The minimum absolute atomic E-state index is 0.00148. The molecule has 0 unspecified atom stereocenters. The number of carbonyl (C=O) groups is 1. The Labute approximate surface area is 291 Å². The summed E-state index contributed by atoms with van der Waals surface area (Å²) in [5.41, 5.74) is 2.01. The highest BCUT2D eigenvalue weighted by molar-refractivity contribution is 7.23. The van der Waals surface area contributed by atoms with Crippen molar-refractivity contribution in [2.45, 2.75) is 68.5 Å². The van der Waals surface area contributed by atoms with Crippen LogP contribution < -0.4 is 15.4 Å². The molecule has 266 valence electrons. The van der Waals surface area contributed by atoms with Gasteiger partial charge in [-0.25, -0.2) is 13.2 Å². The van der Waals surface area contributed by atoms with Crippen LogP contribution in [-0.2, 0) is 11.0 Å². The van der Waals surface area contributed by atoms with Crippen LogP contribution in [0.4, 0.5) is 37.2 Å². The molecule has 6 heterocycles. The van der Waals surface area contributed by atoms with Crippen LogP contribution in [0.2, 0.25) is 0 Å². The van der Waals surface area contributed by atoms with Crippen LogP contribution in [-0.4, -0.2) is 82.3 Å². The lowest BCUT2D eigenvalue weighted by atomic mass is 9.91. The van der Waals surface area contributed by atoms with E-state index in [-0.39, 0.29) is 93.5 Å². The number of ether oxygens (including phenoxy) is 1. The zero-order valence-electron chi connectivity index (χ0n) is 27.1. The molecule has 2 N–H and O–H groups in total. The fourth-order valence-electron chi connectivity index (χ4n) is 8.82. The molecule has 5 fully saturated rings. The van der Waals surface area contributed by atoms with Gasteiger partial charge in [0.05, 0.1) is 33.4 Å². The van der Waals surface area contributed by atoms with Crippen LogP contribution >= 0.6 is 11.3 Å². The van der Waals surface area contributed by atoms with E-state index in [0.717, 1.165) is 37.5 Å². The van der Waals surface area contributed by atoms with E-state index in [9.17, 15) is 18.8 Å². The number of alkyl halides is 4. The lowest BCUT2D eigenvalue weighted by Gasteiger charge is -2.47. The van der Waals surface area contributed by atoms with Gasteiger partial charge in [-0.1, -0.05) is 6.07 Å². The molecule has 5 aliphatic rings. The molecular weight excluding hydrogens is 696 g/mol. The molecule has 2 aromatic heterocycles. The number of anilines is 2. The summed E-state index contributed by atoms with van der Waals surface area (Å²) in [5.74, 6) is -2.05. The maximum absolute atomic E-state index is 17.1. The molecule has 1 saturated carbocycles. The minimum Gasteiger partial charge on any atom is -0.461 e. The predicted molar refractivity (Wildman–Crippen MR) is 177 cm³/mol. The van der Waals surface area contributed by atoms with Crippen molar-refractivity contribution in [3.8, 4) is 23.2 Å². The quantitative estimate of drug-likeness (QED) is 0.227. The van der Waals surface area contributed by atoms with Gasteiger partial charge < -0.3 is 20.3 Å². The monoisotopic (exact) mass is 727 g/mol. The van der Waals surface area contributed by atoms with Gasteiger partial charge in [-0.05, 0) is 56.3 Å². The topological polar surface area (TPSA) is 112 Å². The van der Waals surface area contributed by atoms with Gasteiger partial charge in [0.25, 0.3) is 0 Å². The van der Waals surface area contributed by atoms with Crippen molar-refractivity contribution in [3.63, 3.8) is 0 Å². The highest BCUT2D eigenvalue weighted by Gasteiger charge is 2.53. The number of carbonyl (C=O) groups excluding carboxylic acids is 1. The summed E-state index contributed by atoms with van der Waals surface area (Å²) in [5, 5.41) is 9.28. The Morgan fingerprint density at radius 2 is 1.94 bits per heavy atom. The lowest BCUT2D eigenvalue weighted by molar-refractivity contribution is -0.137. The predicted octanol–water partition coefficient (Wildman–Crippen LogP) is 6.42. The summed E-state index contributed by atoms with van der Waals surface area (Å²) in [7, 11) is 0. The first kappa shape index (κ1) is 32.5. The second-order valence-corrected chi connectivity index (χ2v) is 15.4. The molecule has 4 atom stereocenters. The first-order valence-corrected chi connectivity index (χ1v) is 17.8. The van der Waals surface area contributed by atoms with Crippen molar-refractivity contribution >= 4 is 49.1 Å². The molecule has 9 nitrogen and oxygen atoms in total. The van der Waals surface area contributed by atoms with E-state index in [1.807, 2.05) is 15.9 Å². The van der Waals surface area contributed by atoms with Gasteiger partial charge in [0.1, 0.15) is 41.0 Å². The molecule has 16 heteroatoms. The van der Waals surface area contributed by atoms with Crippen LogP contribution in [0.25, 0.3) is 32.1 Å². The molecule has 4 saturated heterocycles. The smallest absolute Gasteiger partial charge is 0.417 e. The molecule has 1 amide bonds. The number of benzene rings is 2. The van der Waals surface area contributed by atoms with Gasteiger partial charge in [0.15, 0.2) is 5.82 Å². The third-order valence-corrected chi connectivity index (χ3v) is 12.4. The summed E-state index contributed by atoms with van der Waals surface area (Å²) >= 11 is 0.689. The average Bonchev–Trinajstić information content (AvgIpc) is 3.52. The van der Waals surface area contributed by atoms with Crippen LogP contribution in [0.5, 0.6) is 6.01 Å². The number of nitrogens with two attached hydrogens (primary N) is 1. The highest BCUT2D eigenvalue weighted by atomic mass is 32.1. The molecule has 4 aliphatic heterocycles. The summed E-state index contributed by atoms with van der Waals surface area (Å²) in [6, 6.07) is 3.85. The number of likely N-dealkylation sites (tertiary alicyclic amines) is 1. The van der Waals surface area contributed by atoms with Crippen molar-refractivity contribution in [3.05, 3.63) is 41.0 Å². The molecule has 2 aromatic carbocycles. The van der Waals surface area contributed by atoms with Crippen LogP contribution in [0.3, 0.4) is 0 Å². The van der Waals surface area contributed by atoms with E-state index in [4.69, 9.17) is 10.5 Å². The number of aromatic nitrogens is 2. The number of fused-ring (bicyclic) bond motifs is 4. The maximum Gasteiger partial charge on any atom is 0.417 e. The zero-order valence-corrected chi connectivity index (χ0v) is 27.9. The number of amides is 1. The normalized spacial score (nSPS) is 26.1. The SMILES string of the molecule is N#Cc1c(N)sc2c(F)ccc(-c3c(C(F)(F)F)cc4c(N5C[C@H]6[C@@H]5CCN6C(=O)C5CC5)nc(OC[C@@]56CCCN5C[C@H](F)C6)nc4c3F)c12. The number of nitrogens with zero attached hydrogens (tertiary/aromatic N) is 6. The van der Waals surface area contributed by atoms with Crippen LogP contribution in [0.1, 0.15) is 49.7 Å². The number of thiophene rings is 1. The molecule has 51 heavy (non-hydrogen) atoms. The lowest BCUT2D eigenvalue weighted by Crippen LogP contribution is -2.63. The summed E-state index contributed by atoms with van der Waals surface area (Å²) < 4.78 is 97.6. The Bertz CT molecular complexity index is 2180. The number of nitriles is 1. The number of nitrogen functional groups attached to an aromatic ring is 1. The van der Waals surface area contributed by atoms with Crippen molar-refractivity contribution in [1.82, 2.24) is 19.8 Å². The van der Waals surface area contributed by atoms with Gasteiger partial charge in [-0.3, -0.25) is 9.69 Å². The third-order valence-electron chi connectivity index (χ3n) is 11.4. The van der Waals surface area contributed by atoms with Gasteiger partial charge in [-0.2, -0.15) is 28.4 Å². The van der Waals surface area contributed by atoms with E-state index in [1.54, 1.807) is 4.90 Å². The second-order valence-electron chi connectivity index (χ2n) is 14.3. The molecule has 4 aromatic rings. The fraction of sp³-hybridized carbons (Fsp3) is 0.486. The van der Waals surface area contributed by atoms with E-state index in [2.05, 4.69) is 9.97 Å². The van der Waals surface area contributed by atoms with Gasteiger partial charge >= 0.3 is 12.2 Å². The van der Waals surface area contributed by atoms with Crippen molar-refractivity contribution in [1.29, 1.82) is 5.26 Å². The van der Waals surface area contributed by atoms with E-state index in [0.29, 0.717) is 37.3 Å².